The number of alkyl carbamates (subject to hydrolysis) is 1. The van der Waals surface area contributed by atoms with Gasteiger partial charge in [0.2, 0.25) is 5.91 Å². The first-order valence-electron chi connectivity index (χ1n) is 14.4. The number of Topliss-reactive ketones (excluding diaryl/α,β-unsaturated/α-hetero) is 1. The molecule has 0 aromatic rings. The zero-order chi connectivity index (χ0) is 26.5. The van der Waals surface area contributed by atoms with Crippen LogP contribution in [0.15, 0.2) is 12.2 Å². The fourth-order valence-electron chi connectivity index (χ4n) is 5.16. The van der Waals surface area contributed by atoms with Crippen molar-refractivity contribution < 1.29 is 24.2 Å². The van der Waals surface area contributed by atoms with Crippen molar-refractivity contribution in [3.8, 4) is 0 Å². The number of rotatable bonds is 16. The van der Waals surface area contributed by atoms with Gasteiger partial charge in [-0.3, -0.25) is 9.59 Å². The molecule has 2 unspecified atom stereocenters. The highest BCUT2D eigenvalue weighted by Crippen LogP contribution is 2.39. The normalized spacial score (nSPS) is 22.9. The lowest BCUT2D eigenvalue weighted by molar-refractivity contribution is -0.125. The van der Waals surface area contributed by atoms with Crippen LogP contribution in [-0.4, -0.2) is 47.7 Å². The average molecular weight is 507 g/mol. The molecule has 36 heavy (non-hydrogen) atoms. The fraction of sp³-hybridized carbons (Fsp3) is 0.828. The van der Waals surface area contributed by atoms with E-state index in [0.717, 1.165) is 44.9 Å². The van der Waals surface area contributed by atoms with Gasteiger partial charge in [0.25, 0.3) is 0 Å². The summed E-state index contributed by atoms with van der Waals surface area (Å²) in [6.07, 6.45) is 14.1. The monoisotopic (exact) mass is 506 g/mol. The molecule has 3 N–H and O–H groups in total. The topological polar surface area (TPSA) is 105 Å². The van der Waals surface area contributed by atoms with E-state index in [1.807, 2.05) is 26.0 Å². The largest absolute Gasteiger partial charge is 0.449 e. The SMILES string of the molecule is CCCCC=CC1C(=O)C1[C@H](O)[C@H](CCCC)NC(=O)[C@H](CC(C)C)NC(=O)OCC1CCCCC1. The van der Waals surface area contributed by atoms with Gasteiger partial charge >= 0.3 is 6.09 Å². The molecule has 0 aromatic carbocycles. The van der Waals surface area contributed by atoms with Gasteiger partial charge < -0.3 is 20.5 Å². The number of aliphatic hydroxyl groups excluding tert-OH is 1. The lowest BCUT2D eigenvalue weighted by atomic mass is 9.90. The lowest BCUT2D eigenvalue weighted by Gasteiger charge is -2.27. The van der Waals surface area contributed by atoms with Crippen LogP contribution in [0.2, 0.25) is 0 Å². The van der Waals surface area contributed by atoms with Crippen molar-refractivity contribution in [1.82, 2.24) is 10.6 Å². The van der Waals surface area contributed by atoms with E-state index in [-0.39, 0.29) is 23.5 Å². The van der Waals surface area contributed by atoms with Crippen LogP contribution in [0.1, 0.15) is 105 Å². The van der Waals surface area contributed by atoms with Crippen molar-refractivity contribution in [2.45, 2.75) is 123 Å². The number of ether oxygens (including phenoxy) is 1. The van der Waals surface area contributed by atoms with E-state index in [2.05, 4.69) is 24.5 Å². The smallest absolute Gasteiger partial charge is 0.407 e. The Balaban J connectivity index is 1.96. The Morgan fingerprint density at radius 3 is 2.42 bits per heavy atom. The highest BCUT2D eigenvalue weighted by Gasteiger charge is 2.53. The van der Waals surface area contributed by atoms with Crippen molar-refractivity contribution in [1.29, 1.82) is 0 Å². The summed E-state index contributed by atoms with van der Waals surface area (Å²) >= 11 is 0. The summed E-state index contributed by atoms with van der Waals surface area (Å²) in [6, 6.07) is -1.28. The lowest BCUT2D eigenvalue weighted by Crippen LogP contribution is -2.53. The molecule has 7 nitrogen and oxygen atoms in total. The van der Waals surface area contributed by atoms with Gasteiger partial charge in [-0.2, -0.15) is 0 Å². The third-order valence-electron chi connectivity index (χ3n) is 7.47. The number of aliphatic hydroxyl groups is 1. The van der Waals surface area contributed by atoms with E-state index in [4.69, 9.17) is 4.74 Å². The van der Waals surface area contributed by atoms with Gasteiger partial charge in [0, 0.05) is 5.92 Å². The maximum absolute atomic E-state index is 13.3. The minimum atomic E-state index is -0.938. The number of amides is 2. The second-order valence-electron chi connectivity index (χ2n) is 11.2. The molecule has 0 heterocycles. The minimum absolute atomic E-state index is 0.0362. The minimum Gasteiger partial charge on any atom is -0.449 e. The Kier molecular flexibility index (Phi) is 13.5. The molecule has 2 amide bonds. The molecule has 206 valence electrons. The van der Waals surface area contributed by atoms with Gasteiger partial charge in [-0.15, -0.1) is 0 Å². The first-order valence-corrected chi connectivity index (χ1v) is 14.4. The van der Waals surface area contributed by atoms with Crippen LogP contribution in [0.25, 0.3) is 0 Å². The number of ketones is 1. The van der Waals surface area contributed by atoms with Crippen molar-refractivity contribution >= 4 is 17.8 Å². The van der Waals surface area contributed by atoms with Crippen LogP contribution < -0.4 is 10.6 Å². The Morgan fingerprint density at radius 2 is 1.78 bits per heavy atom. The van der Waals surface area contributed by atoms with Gasteiger partial charge in [-0.1, -0.05) is 84.8 Å². The maximum Gasteiger partial charge on any atom is 0.407 e. The molecule has 0 aromatic heterocycles. The highest BCUT2D eigenvalue weighted by molar-refractivity contribution is 6.01. The van der Waals surface area contributed by atoms with Crippen LogP contribution in [0.4, 0.5) is 4.79 Å². The Morgan fingerprint density at radius 1 is 1.08 bits per heavy atom. The molecule has 7 heteroatoms. The predicted octanol–water partition coefficient (Wildman–Crippen LogP) is 5.31. The molecule has 2 saturated carbocycles. The van der Waals surface area contributed by atoms with Gasteiger partial charge in [0.15, 0.2) is 0 Å². The second-order valence-corrected chi connectivity index (χ2v) is 11.2. The summed E-state index contributed by atoms with van der Waals surface area (Å²) in [7, 11) is 0. The van der Waals surface area contributed by atoms with E-state index < -0.39 is 30.2 Å². The number of nitrogens with one attached hydrogen (secondary N) is 2. The molecule has 2 aliphatic carbocycles. The Hall–Kier alpha value is -1.89. The second kappa shape index (κ2) is 16.1. The van der Waals surface area contributed by atoms with E-state index in [0.29, 0.717) is 25.4 Å². The van der Waals surface area contributed by atoms with Gasteiger partial charge in [-0.05, 0) is 43.9 Å². The van der Waals surface area contributed by atoms with Gasteiger partial charge in [0.1, 0.15) is 11.8 Å². The number of carbonyl (C=O) groups is 3. The number of hydrogen-bond acceptors (Lipinski definition) is 5. The van der Waals surface area contributed by atoms with Crippen molar-refractivity contribution in [3.63, 3.8) is 0 Å². The molecule has 0 aliphatic heterocycles. The molecule has 5 atom stereocenters. The van der Waals surface area contributed by atoms with Crippen LogP contribution in [0, 0.1) is 23.7 Å². The van der Waals surface area contributed by atoms with Gasteiger partial charge in [-0.25, -0.2) is 4.79 Å². The van der Waals surface area contributed by atoms with E-state index in [1.165, 1.54) is 19.3 Å². The predicted molar refractivity (Wildman–Crippen MR) is 142 cm³/mol. The third kappa shape index (κ3) is 10.2. The summed E-state index contributed by atoms with van der Waals surface area (Å²) in [5.41, 5.74) is 0. The summed E-state index contributed by atoms with van der Waals surface area (Å²) in [6.45, 7) is 8.56. The van der Waals surface area contributed by atoms with E-state index in [9.17, 15) is 19.5 Å². The summed E-state index contributed by atoms with van der Waals surface area (Å²) in [4.78, 5) is 38.2. The van der Waals surface area contributed by atoms with E-state index in [1.54, 1.807) is 0 Å². The standard InChI is InChI=1S/C29H50N2O5/c1-5-7-9-13-16-22-25(26(22)32)27(33)23(17-8-6-2)30-28(34)24(18-20(3)4)31-29(35)36-19-21-14-11-10-12-15-21/h13,16,20-25,27,33H,5-12,14-15,17-19H2,1-4H3,(H,30,34)(H,31,35)/t22?,23-,24-,25?,27+/m0/s1. The number of allylic oxidation sites excluding steroid dienone is 2. The van der Waals surface area contributed by atoms with Crippen LogP contribution in [0.5, 0.6) is 0 Å². The van der Waals surface area contributed by atoms with E-state index >= 15 is 0 Å². The summed E-state index contributed by atoms with van der Waals surface area (Å²) < 4.78 is 5.46. The van der Waals surface area contributed by atoms with Crippen LogP contribution in [0.3, 0.4) is 0 Å². The summed E-state index contributed by atoms with van der Waals surface area (Å²) in [5.74, 6) is -0.452. The molecule has 0 spiro atoms. The molecule has 0 radical (unpaired) electrons. The van der Waals surface area contributed by atoms with Crippen LogP contribution >= 0.6 is 0 Å². The number of unbranched alkanes of at least 4 members (excludes halogenated alkanes) is 3. The Labute approximate surface area is 218 Å². The van der Waals surface area contributed by atoms with Crippen molar-refractivity contribution in [3.05, 3.63) is 12.2 Å². The molecular weight excluding hydrogens is 456 g/mol. The molecule has 0 bridgehead atoms. The average Bonchev–Trinajstić information content (AvgIpc) is 3.51. The molecule has 2 fully saturated rings. The first kappa shape index (κ1) is 30.3. The van der Waals surface area contributed by atoms with Crippen molar-refractivity contribution in [2.75, 3.05) is 6.61 Å². The third-order valence-corrected chi connectivity index (χ3v) is 7.47. The molecular formula is C29H50N2O5. The quantitative estimate of drug-likeness (QED) is 0.194. The number of carbonyl (C=O) groups excluding carboxylic acids is 3. The maximum atomic E-state index is 13.3. The zero-order valence-corrected chi connectivity index (χ0v) is 23.0. The molecule has 2 rings (SSSR count). The van der Waals surface area contributed by atoms with Gasteiger partial charge in [0.05, 0.1) is 24.7 Å². The fourth-order valence-corrected chi connectivity index (χ4v) is 5.16. The van der Waals surface area contributed by atoms with Crippen molar-refractivity contribution in [2.24, 2.45) is 23.7 Å². The Bertz CT molecular complexity index is 716. The summed E-state index contributed by atoms with van der Waals surface area (Å²) in [5, 5.41) is 16.8. The highest BCUT2D eigenvalue weighted by atomic mass is 16.5. The molecule has 0 saturated heterocycles. The zero-order valence-electron chi connectivity index (χ0n) is 23.0. The first-order chi connectivity index (χ1) is 17.3. The number of hydrogen-bond donors (Lipinski definition) is 3. The molecule has 2 aliphatic rings. The van der Waals surface area contributed by atoms with Crippen LogP contribution in [-0.2, 0) is 14.3 Å².